The van der Waals surface area contributed by atoms with E-state index in [1.165, 1.54) is 0 Å². The predicted octanol–water partition coefficient (Wildman–Crippen LogP) is -3.37. The Balaban J connectivity index is 2.22. The van der Waals surface area contributed by atoms with E-state index in [0.717, 1.165) is 0 Å². The van der Waals surface area contributed by atoms with E-state index in [9.17, 15) is 25.4 Å². The lowest BCUT2D eigenvalue weighted by Gasteiger charge is -2.29. The van der Waals surface area contributed by atoms with Crippen molar-refractivity contribution in [2.24, 2.45) is 0 Å². The van der Waals surface area contributed by atoms with Crippen LogP contribution in [-0.2, 0) is 6.54 Å². The molecule has 1 saturated heterocycles. The number of hydrogen-bond acceptors (Lipinski definition) is 7. The molecule has 2 rings (SSSR count). The van der Waals surface area contributed by atoms with Crippen LogP contribution in [-0.4, -0.2) is 80.0 Å². The molecule has 1 heterocycles. The van der Waals surface area contributed by atoms with E-state index in [-0.39, 0.29) is 13.1 Å². The molecule has 0 unspecified atom stereocenters. The molecule has 0 amide bonds. The topological polar surface area (TPSA) is 125 Å². The molecular weight excluding hydrogens is 277 g/mol. The summed E-state index contributed by atoms with van der Waals surface area (Å²) in [5, 5.41) is 57.3. The summed E-state index contributed by atoms with van der Waals surface area (Å²) in [5.74, 6) is 0. The van der Waals surface area contributed by atoms with Crippen LogP contribution in [0.5, 0.6) is 0 Å². The minimum absolute atomic E-state index is 0.124. The third-order valence-electron chi connectivity index (χ3n) is 3.88. The average Bonchev–Trinajstić information content (AvgIpc) is 2.73. The number of aliphatic hydroxyl groups excluding tert-OH is 4. The fourth-order valence-electron chi connectivity index (χ4n) is 2.81. The summed E-state index contributed by atoms with van der Waals surface area (Å²) in [4.78, 5) is 1.62. The van der Waals surface area contributed by atoms with Gasteiger partial charge in [0, 0.05) is 13.1 Å². The molecule has 1 aliphatic rings. The zero-order chi connectivity index (χ0) is 15.6. The first-order chi connectivity index (χ1) is 9.95. The second kappa shape index (κ2) is 6.84. The van der Waals surface area contributed by atoms with Crippen LogP contribution >= 0.6 is 0 Å². The third-order valence-corrected chi connectivity index (χ3v) is 3.88. The number of β-amino-alcohol motifs (C(OH)–C–C–N with tert-alkyl or cyclic N) is 1. The Morgan fingerprint density at radius 3 is 2.52 bits per heavy atom. The van der Waals surface area contributed by atoms with Gasteiger partial charge in [0.2, 0.25) is 0 Å². The first kappa shape index (κ1) is 16.4. The normalized spacial score (nSPS) is 27.8. The molecule has 1 aromatic rings. The van der Waals surface area contributed by atoms with Crippen LogP contribution in [0.1, 0.15) is 5.56 Å². The summed E-state index contributed by atoms with van der Waals surface area (Å²) < 4.78 is 0. The number of rotatable bonds is 5. The van der Waals surface area contributed by atoms with Gasteiger partial charge >= 0.3 is 7.12 Å². The smallest absolute Gasteiger partial charge is 0.423 e. The minimum atomic E-state index is -1.63. The highest BCUT2D eigenvalue weighted by molar-refractivity contribution is 6.59. The first-order valence-corrected chi connectivity index (χ1v) is 6.78. The van der Waals surface area contributed by atoms with Crippen molar-refractivity contribution in [3.05, 3.63) is 29.8 Å². The maximum atomic E-state index is 9.92. The van der Waals surface area contributed by atoms with Gasteiger partial charge in [-0.25, -0.2) is 0 Å². The van der Waals surface area contributed by atoms with Crippen LogP contribution in [0.15, 0.2) is 24.3 Å². The summed E-state index contributed by atoms with van der Waals surface area (Å²) in [6.07, 6.45) is -3.39. The summed E-state index contributed by atoms with van der Waals surface area (Å²) in [7, 11) is -1.63. The summed E-state index contributed by atoms with van der Waals surface area (Å²) in [6, 6.07) is 5.87. The molecule has 0 bridgehead atoms. The van der Waals surface area contributed by atoms with Gasteiger partial charge in [-0.2, -0.15) is 0 Å². The van der Waals surface area contributed by atoms with Gasteiger partial charge in [0.05, 0.1) is 31.0 Å². The van der Waals surface area contributed by atoms with E-state index < -0.39 is 38.1 Å². The van der Waals surface area contributed by atoms with Gasteiger partial charge in [0.15, 0.2) is 0 Å². The minimum Gasteiger partial charge on any atom is -0.423 e. The van der Waals surface area contributed by atoms with Crippen LogP contribution < -0.4 is 5.46 Å². The number of hydrogen-bond donors (Lipinski definition) is 6. The molecule has 116 valence electrons. The zero-order valence-corrected chi connectivity index (χ0v) is 11.4. The Morgan fingerprint density at radius 1 is 1.24 bits per heavy atom. The van der Waals surface area contributed by atoms with Crippen molar-refractivity contribution in [1.29, 1.82) is 0 Å². The van der Waals surface area contributed by atoms with Crippen LogP contribution in [0.3, 0.4) is 0 Å². The molecule has 1 aliphatic heterocycles. The molecule has 0 spiro atoms. The second-order valence-electron chi connectivity index (χ2n) is 5.30. The van der Waals surface area contributed by atoms with Crippen molar-refractivity contribution in [1.82, 2.24) is 4.90 Å². The molecule has 7 nitrogen and oxygen atoms in total. The van der Waals surface area contributed by atoms with Gasteiger partial charge < -0.3 is 30.5 Å². The van der Waals surface area contributed by atoms with Crippen molar-refractivity contribution in [2.75, 3.05) is 13.2 Å². The fraction of sp³-hybridized carbons (Fsp3) is 0.538. The highest BCUT2D eigenvalue weighted by atomic mass is 16.4. The van der Waals surface area contributed by atoms with Crippen molar-refractivity contribution in [2.45, 2.75) is 30.9 Å². The Morgan fingerprint density at radius 2 is 1.90 bits per heavy atom. The second-order valence-corrected chi connectivity index (χ2v) is 5.30. The molecule has 4 atom stereocenters. The predicted molar refractivity (Wildman–Crippen MR) is 75.6 cm³/mol. The molecule has 21 heavy (non-hydrogen) atoms. The SMILES string of the molecule is OC[C@@H](O)[C@H]1[C@H](O)[C@H](O)CN1Cc1ccccc1B(O)O. The number of nitrogens with zero attached hydrogens (tertiary/aromatic N) is 1. The molecule has 0 radical (unpaired) electrons. The summed E-state index contributed by atoms with van der Waals surface area (Å²) >= 11 is 0. The standard InChI is InChI=1S/C13H20BNO6/c16-7-11(18)12-13(19)10(17)6-15(12)5-8-3-1-2-4-9(8)14(20)21/h1-4,10-13,16-21H,5-7H2/t10-,11-,12+,13-/m1/s1. The van der Waals surface area contributed by atoms with E-state index in [4.69, 9.17) is 5.11 Å². The van der Waals surface area contributed by atoms with Crippen molar-refractivity contribution in [3.8, 4) is 0 Å². The Hall–Kier alpha value is -0.995. The van der Waals surface area contributed by atoms with E-state index in [0.29, 0.717) is 11.0 Å². The summed E-state index contributed by atoms with van der Waals surface area (Å²) in [5.41, 5.74) is 0.939. The van der Waals surface area contributed by atoms with Gasteiger partial charge in [0.25, 0.3) is 0 Å². The Labute approximate surface area is 122 Å². The molecule has 1 aromatic carbocycles. The molecule has 6 N–H and O–H groups in total. The number of likely N-dealkylation sites (tertiary alicyclic amines) is 1. The molecule has 0 aliphatic carbocycles. The van der Waals surface area contributed by atoms with Crippen molar-refractivity contribution < 1.29 is 30.5 Å². The van der Waals surface area contributed by atoms with E-state index in [1.54, 1.807) is 29.2 Å². The van der Waals surface area contributed by atoms with Gasteiger partial charge in [0.1, 0.15) is 0 Å². The quantitative estimate of drug-likeness (QED) is 0.313. The van der Waals surface area contributed by atoms with Gasteiger partial charge in [-0.15, -0.1) is 0 Å². The lowest BCUT2D eigenvalue weighted by molar-refractivity contribution is -0.0316. The maximum Gasteiger partial charge on any atom is 0.488 e. The highest BCUT2D eigenvalue weighted by Crippen LogP contribution is 2.23. The fourth-order valence-corrected chi connectivity index (χ4v) is 2.81. The van der Waals surface area contributed by atoms with Crippen molar-refractivity contribution >= 4 is 12.6 Å². The highest BCUT2D eigenvalue weighted by Gasteiger charge is 2.43. The Bertz CT molecular complexity index is 474. The Kier molecular flexibility index (Phi) is 5.34. The first-order valence-electron chi connectivity index (χ1n) is 6.78. The number of benzene rings is 1. The largest absolute Gasteiger partial charge is 0.488 e. The average molecular weight is 297 g/mol. The molecule has 0 aromatic heterocycles. The molecule has 8 heteroatoms. The third kappa shape index (κ3) is 3.43. The van der Waals surface area contributed by atoms with Crippen LogP contribution in [0.2, 0.25) is 0 Å². The number of aliphatic hydroxyl groups is 4. The summed E-state index contributed by atoms with van der Waals surface area (Å²) in [6.45, 7) is -0.197. The van der Waals surface area contributed by atoms with Crippen molar-refractivity contribution in [3.63, 3.8) is 0 Å². The van der Waals surface area contributed by atoms with Gasteiger partial charge in [-0.3, -0.25) is 4.90 Å². The zero-order valence-electron chi connectivity index (χ0n) is 11.4. The lowest BCUT2D eigenvalue weighted by Crippen LogP contribution is -2.47. The van der Waals surface area contributed by atoms with Gasteiger partial charge in [-0.1, -0.05) is 24.3 Å². The van der Waals surface area contributed by atoms with Gasteiger partial charge in [-0.05, 0) is 11.0 Å². The van der Waals surface area contributed by atoms with E-state index in [2.05, 4.69) is 0 Å². The van der Waals surface area contributed by atoms with Crippen LogP contribution in [0.25, 0.3) is 0 Å². The maximum absolute atomic E-state index is 9.92. The van der Waals surface area contributed by atoms with Crippen LogP contribution in [0.4, 0.5) is 0 Å². The lowest BCUT2D eigenvalue weighted by atomic mass is 9.77. The monoisotopic (exact) mass is 297 g/mol. The van der Waals surface area contributed by atoms with E-state index in [1.807, 2.05) is 0 Å². The van der Waals surface area contributed by atoms with Crippen LogP contribution in [0, 0.1) is 0 Å². The van der Waals surface area contributed by atoms with E-state index >= 15 is 0 Å². The molecular formula is C13H20BNO6. The molecule has 0 saturated carbocycles. The molecule has 1 fully saturated rings.